The Bertz CT molecular complexity index is 684. The summed E-state index contributed by atoms with van der Waals surface area (Å²) in [6, 6.07) is 11.7. The zero-order valence-corrected chi connectivity index (χ0v) is 14.0. The Morgan fingerprint density at radius 2 is 1.64 bits per heavy atom. The summed E-state index contributed by atoms with van der Waals surface area (Å²) < 4.78 is 1.82. The molecule has 1 atom stereocenters. The van der Waals surface area contributed by atoms with Gasteiger partial charge in [-0.1, -0.05) is 45.0 Å². The summed E-state index contributed by atoms with van der Waals surface area (Å²) in [7, 11) is 0. The maximum Gasteiger partial charge on any atom is 0.255 e. The van der Waals surface area contributed by atoms with E-state index in [2.05, 4.69) is 32.9 Å². The zero-order chi connectivity index (χ0) is 16.3. The fourth-order valence-electron chi connectivity index (χ4n) is 2.69. The predicted molar refractivity (Wildman–Crippen MR) is 92.3 cm³/mol. The molecule has 0 aliphatic carbocycles. The maximum atomic E-state index is 12.7. The van der Waals surface area contributed by atoms with E-state index < -0.39 is 0 Å². The van der Waals surface area contributed by atoms with Crippen LogP contribution in [0.5, 0.6) is 0 Å². The summed E-state index contributed by atoms with van der Waals surface area (Å²) in [6.07, 6.45) is 0.933. The monoisotopic (exact) mass is 298 g/mol. The van der Waals surface area contributed by atoms with Crippen LogP contribution in [-0.2, 0) is 6.54 Å². The molecule has 0 saturated heterocycles. The Morgan fingerprint density at radius 1 is 1.05 bits per heavy atom. The number of aryl methyl sites for hydroxylation is 1. The molecule has 1 aromatic carbocycles. The molecule has 0 amide bonds. The Labute approximate surface area is 132 Å². The van der Waals surface area contributed by atoms with Gasteiger partial charge in [0.1, 0.15) is 0 Å². The summed E-state index contributed by atoms with van der Waals surface area (Å²) in [5, 5.41) is 0. The van der Waals surface area contributed by atoms with Gasteiger partial charge < -0.3 is 10.3 Å². The highest BCUT2D eigenvalue weighted by Crippen LogP contribution is 2.21. The Balaban J connectivity index is 2.39. The zero-order valence-electron chi connectivity index (χ0n) is 14.0. The standard InChI is InChI=1S/C19H26N2O/c1-5-12-21-14(4)6-11-17(19(21)22)18(20)16-9-7-15(8-10-16)13(2)3/h6-11,13,18H,5,12,20H2,1-4H3. The lowest BCUT2D eigenvalue weighted by molar-refractivity contribution is 0.623. The number of hydrogen-bond donors (Lipinski definition) is 1. The van der Waals surface area contributed by atoms with Crippen LogP contribution >= 0.6 is 0 Å². The molecule has 0 spiro atoms. The Kier molecular flexibility index (Phi) is 5.19. The lowest BCUT2D eigenvalue weighted by Gasteiger charge is -2.16. The number of rotatable bonds is 5. The van der Waals surface area contributed by atoms with Gasteiger partial charge in [0, 0.05) is 17.8 Å². The van der Waals surface area contributed by atoms with Gasteiger partial charge in [-0.15, -0.1) is 0 Å². The van der Waals surface area contributed by atoms with Crippen LogP contribution < -0.4 is 11.3 Å². The molecule has 2 N–H and O–H groups in total. The molecule has 3 heteroatoms. The molecule has 0 fully saturated rings. The number of hydrogen-bond acceptors (Lipinski definition) is 2. The van der Waals surface area contributed by atoms with Crippen molar-refractivity contribution < 1.29 is 0 Å². The van der Waals surface area contributed by atoms with Crippen LogP contribution in [0.25, 0.3) is 0 Å². The van der Waals surface area contributed by atoms with Gasteiger partial charge in [0.05, 0.1) is 6.04 Å². The van der Waals surface area contributed by atoms with E-state index in [4.69, 9.17) is 5.73 Å². The van der Waals surface area contributed by atoms with Gasteiger partial charge >= 0.3 is 0 Å². The second-order valence-electron chi connectivity index (χ2n) is 6.19. The Morgan fingerprint density at radius 3 is 2.18 bits per heavy atom. The summed E-state index contributed by atoms with van der Waals surface area (Å²) in [5.74, 6) is 0.492. The first-order valence-electron chi connectivity index (χ1n) is 8.01. The van der Waals surface area contributed by atoms with Crippen molar-refractivity contribution in [3.63, 3.8) is 0 Å². The lowest BCUT2D eigenvalue weighted by atomic mass is 9.96. The molecule has 2 rings (SSSR count). The van der Waals surface area contributed by atoms with Gasteiger partial charge in [-0.25, -0.2) is 0 Å². The van der Waals surface area contributed by atoms with E-state index in [-0.39, 0.29) is 11.6 Å². The Hall–Kier alpha value is -1.87. The second-order valence-corrected chi connectivity index (χ2v) is 6.19. The molecular formula is C19H26N2O. The fraction of sp³-hybridized carbons (Fsp3) is 0.421. The summed E-state index contributed by atoms with van der Waals surface area (Å²) >= 11 is 0. The van der Waals surface area contributed by atoms with Crippen LogP contribution in [0.15, 0.2) is 41.2 Å². The SMILES string of the molecule is CCCn1c(C)ccc(C(N)c2ccc(C(C)C)cc2)c1=O. The van der Waals surface area contributed by atoms with Crippen LogP contribution in [0, 0.1) is 6.92 Å². The van der Waals surface area contributed by atoms with E-state index >= 15 is 0 Å². The quantitative estimate of drug-likeness (QED) is 0.914. The van der Waals surface area contributed by atoms with Gasteiger partial charge in [0.25, 0.3) is 5.56 Å². The van der Waals surface area contributed by atoms with Gasteiger partial charge in [-0.3, -0.25) is 4.79 Å². The predicted octanol–water partition coefficient (Wildman–Crippen LogP) is 3.74. The van der Waals surface area contributed by atoms with E-state index in [1.54, 1.807) is 0 Å². The first-order valence-corrected chi connectivity index (χ1v) is 8.01. The number of pyridine rings is 1. The van der Waals surface area contributed by atoms with E-state index in [9.17, 15) is 4.79 Å². The number of nitrogens with zero attached hydrogens (tertiary/aromatic N) is 1. The van der Waals surface area contributed by atoms with Crippen molar-refractivity contribution in [1.29, 1.82) is 0 Å². The molecule has 1 unspecified atom stereocenters. The topological polar surface area (TPSA) is 48.0 Å². The molecule has 2 aromatic rings. The average Bonchev–Trinajstić information content (AvgIpc) is 2.51. The van der Waals surface area contributed by atoms with Crippen molar-refractivity contribution in [1.82, 2.24) is 4.57 Å². The highest BCUT2D eigenvalue weighted by Gasteiger charge is 2.15. The molecular weight excluding hydrogens is 272 g/mol. The molecule has 1 heterocycles. The smallest absolute Gasteiger partial charge is 0.255 e. The van der Waals surface area contributed by atoms with Crippen LogP contribution in [0.3, 0.4) is 0 Å². The highest BCUT2D eigenvalue weighted by atomic mass is 16.1. The minimum Gasteiger partial charge on any atom is -0.320 e. The van der Waals surface area contributed by atoms with Crippen molar-refractivity contribution in [3.05, 3.63) is 69.1 Å². The van der Waals surface area contributed by atoms with Crippen molar-refractivity contribution >= 4 is 0 Å². The van der Waals surface area contributed by atoms with Gasteiger partial charge in [0.2, 0.25) is 0 Å². The second kappa shape index (κ2) is 6.93. The molecule has 0 saturated carbocycles. The van der Waals surface area contributed by atoms with E-state index in [1.807, 2.05) is 35.8 Å². The minimum absolute atomic E-state index is 0.0299. The van der Waals surface area contributed by atoms with Crippen LogP contribution in [0.1, 0.15) is 61.5 Å². The molecule has 1 aromatic heterocycles. The molecule has 118 valence electrons. The van der Waals surface area contributed by atoms with Crippen LogP contribution in [0.2, 0.25) is 0 Å². The van der Waals surface area contributed by atoms with E-state index in [0.29, 0.717) is 11.5 Å². The summed E-state index contributed by atoms with van der Waals surface area (Å²) in [5.41, 5.74) is 10.3. The number of benzene rings is 1. The normalized spacial score (nSPS) is 12.6. The summed E-state index contributed by atoms with van der Waals surface area (Å²) in [4.78, 5) is 12.7. The third kappa shape index (κ3) is 3.30. The first kappa shape index (κ1) is 16.5. The van der Waals surface area contributed by atoms with Gasteiger partial charge in [0.15, 0.2) is 0 Å². The molecule has 22 heavy (non-hydrogen) atoms. The number of aromatic nitrogens is 1. The highest BCUT2D eigenvalue weighted by molar-refractivity contribution is 5.33. The molecule has 0 aliphatic heterocycles. The van der Waals surface area contributed by atoms with Gasteiger partial charge in [-0.05, 0) is 42.5 Å². The van der Waals surface area contributed by atoms with Crippen LogP contribution in [0.4, 0.5) is 0 Å². The molecule has 0 radical (unpaired) electrons. The van der Waals surface area contributed by atoms with Crippen LogP contribution in [-0.4, -0.2) is 4.57 Å². The molecule has 3 nitrogen and oxygen atoms in total. The lowest BCUT2D eigenvalue weighted by Crippen LogP contribution is -2.30. The fourth-order valence-corrected chi connectivity index (χ4v) is 2.69. The first-order chi connectivity index (χ1) is 10.5. The molecule has 0 bridgehead atoms. The summed E-state index contributed by atoms with van der Waals surface area (Å²) in [6.45, 7) is 9.10. The largest absolute Gasteiger partial charge is 0.320 e. The van der Waals surface area contributed by atoms with Crippen molar-refractivity contribution in [2.45, 2.75) is 52.6 Å². The molecule has 0 aliphatic rings. The minimum atomic E-state index is -0.377. The van der Waals surface area contributed by atoms with Crippen molar-refractivity contribution in [2.75, 3.05) is 0 Å². The third-order valence-electron chi connectivity index (χ3n) is 4.17. The average molecular weight is 298 g/mol. The van der Waals surface area contributed by atoms with E-state index in [1.165, 1.54) is 5.56 Å². The van der Waals surface area contributed by atoms with Crippen molar-refractivity contribution in [2.24, 2.45) is 5.73 Å². The van der Waals surface area contributed by atoms with Gasteiger partial charge in [-0.2, -0.15) is 0 Å². The van der Waals surface area contributed by atoms with Crippen molar-refractivity contribution in [3.8, 4) is 0 Å². The maximum absolute atomic E-state index is 12.7. The number of nitrogens with two attached hydrogens (primary N) is 1. The third-order valence-corrected chi connectivity index (χ3v) is 4.17. The van der Waals surface area contributed by atoms with E-state index in [0.717, 1.165) is 24.2 Å².